The van der Waals surface area contributed by atoms with E-state index in [0.717, 1.165) is 67.1 Å². The van der Waals surface area contributed by atoms with Crippen molar-refractivity contribution in [3.8, 4) is 43.1 Å². The molecule has 12 aromatic rings. The molecule has 0 N–H and O–H groups in total. The van der Waals surface area contributed by atoms with E-state index in [0.29, 0.717) is 0 Å². The Bertz CT molecular complexity index is 3610. The zero-order valence-corrected chi connectivity index (χ0v) is 36.8. The molecule has 0 spiro atoms. The second-order valence-corrected chi connectivity index (χ2v) is 17.5. The van der Waals surface area contributed by atoms with Crippen LogP contribution in [0.1, 0.15) is 0 Å². The van der Waals surface area contributed by atoms with Gasteiger partial charge in [-0.1, -0.05) is 176 Å². The van der Waals surface area contributed by atoms with Gasteiger partial charge in [-0.15, -0.1) is 11.3 Å². The average molecular weight is 863 g/mol. The molecule has 0 unspecified atom stereocenters. The van der Waals surface area contributed by atoms with Crippen molar-refractivity contribution in [2.24, 2.45) is 0 Å². The van der Waals surface area contributed by atoms with Crippen molar-refractivity contribution >= 4 is 72.9 Å². The minimum absolute atomic E-state index is 0.867. The Balaban J connectivity index is 1.16. The second-order valence-electron chi connectivity index (χ2n) is 16.4. The first-order valence-electron chi connectivity index (χ1n) is 22.3. The lowest BCUT2D eigenvalue weighted by atomic mass is 9.99. The summed E-state index contributed by atoms with van der Waals surface area (Å²) in [7, 11) is 0. The number of nitrogens with zero attached hydrogens (tertiary/aromatic N) is 4. The summed E-state index contributed by atoms with van der Waals surface area (Å²) in [6, 6.07) is 88.9. The predicted molar refractivity (Wildman–Crippen MR) is 279 cm³/mol. The maximum atomic E-state index is 5.67. The molecule has 0 aliphatic carbocycles. The van der Waals surface area contributed by atoms with Gasteiger partial charge in [0.25, 0.3) is 0 Å². The summed E-state index contributed by atoms with van der Waals surface area (Å²) in [5.41, 5.74) is 16.1. The Labute approximate surface area is 388 Å². The lowest BCUT2D eigenvalue weighted by Gasteiger charge is -2.31. The summed E-state index contributed by atoms with van der Waals surface area (Å²) in [5.74, 6) is 0. The van der Waals surface area contributed by atoms with Crippen LogP contribution in [0.2, 0.25) is 0 Å². The molecule has 5 heteroatoms. The van der Waals surface area contributed by atoms with E-state index in [-0.39, 0.29) is 0 Å². The first-order chi connectivity index (χ1) is 32.7. The monoisotopic (exact) mass is 862 g/mol. The SMILES string of the molecule is c1ccc(-c2ccc(N(c3ccccc3)c3c4ccccc4c(N(c4ccccc4)c4ccc(-c5ccccc5)cc4)c4c3nc3ccc(-c5ccc(-c6ccccc6)s5)cn34)cc2)cc1. The molecule has 0 aliphatic heterocycles. The number of rotatable bonds is 10. The predicted octanol–water partition coefficient (Wildman–Crippen LogP) is 17.3. The summed E-state index contributed by atoms with van der Waals surface area (Å²) < 4.78 is 2.33. The van der Waals surface area contributed by atoms with E-state index < -0.39 is 0 Å². The number of thiophene rings is 1. The van der Waals surface area contributed by atoms with E-state index in [1.165, 1.54) is 37.6 Å². The summed E-state index contributed by atoms with van der Waals surface area (Å²) >= 11 is 1.81. The van der Waals surface area contributed by atoms with Gasteiger partial charge in [0.15, 0.2) is 0 Å². The third-order valence-corrected chi connectivity index (χ3v) is 13.6. The molecule has 0 bridgehead atoms. The van der Waals surface area contributed by atoms with Crippen molar-refractivity contribution in [3.05, 3.63) is 255 Å². The minimum atomic E-state index is 0.867. The van der Waals surface area contributed by atoms with Crippen LogP contribution in [0.5, 0.6) is 0 Å². The van der Waals surface area contributed by atoms with E-state index >= 15 is 0 Å². The van der Waals surface area contributed by atoms with Crippen molar-refractivity contribution in [1.82, 2.24) is 9.38 Å². The molecule has 312 valence electrons. The molecule has 0 fully saturated rings. The highest BCUT2D eigenvalue weighted by molar-refractivity contribution is 7.18. The average Bonchev–Trinajstić information content (AvgIpc) is 4.05. The molecule has 0 amide bonds. The third kappa shape index (κ3) is 7.09. The number of benzene rings is 9. The van der Waals surface area contributed by atoms with Gasteiger partial charge in [-0.3, -0.25) is 4.40 Å². The van der Waals surface area contributed by atoms with Gasteiger partial charge in [-0.05, 0) is 101 Å². The number of hydrogen-bond acceptors (Lipinski definition) is 4. The normalized spacial score (nSPS) is 11.3. The number of imidazole rings is 1. The largest absolute Gasteiger partial charge is 0.308 e. The summed E-state index contributed by atoms with van der Waals surface area (Å²) in [5, 5.41) is 2.19. The maximum Gasteiger partial charge on any atom is 0.138 e. The zero-order valence-electron chi connectivity index (χ0n) is 35.9. The Kier molecular flexibility index (Phi) is 10.0. The molecule has 4 nitrogen and oxygen atoms in total. The summed E-state index contributed by atoms with van der Waals surface area (Å²) in [4.78, 5) is 12.9. The smallest absolute Gasteiger partial charge is 0.138 e. The Morgan fingerprint density at radius 3 is 1.21 bits per heavy atom. The first-order valence-corrected chi connectivity index (χ1v) is 23.1. The highest BCUT2D eigenvalue weighted by atomic mass is 32.1. The Hall–Kier alpha value is -8.51. The minimum Gasteiger partial charge on any atom is -0.308 e. The Morgan fingerprint density at radius 2 is 0.697 bits per heavy atom. The summed E-state index contributed by atoms with van der Waals surface area (Å²) in [6.07, 6.45) is 2.29. The number of hydrogen-bond donors (Lipinski definition) is 0. The lowest BCUT2D eigenvalue weighted by Crippen LogP contribution is -2.15. The zero-order chi connectivity index (χ0) is 43.8. The molecule has 66 heavy (non-hydrogen) atoms. The van der Waals surface area contributed by atoms with Crippen LogP contribution in [-0.2, 0) is 0 Å². The Morgan fingerprint density at radius 1 is 0.318 bits per heavy atom. The van der Waals surface area contributed by atoms with Gasteiger partial charge in [0.1, 0.15) is 11.2 Å². The molecule has 3 heterocycles. The fourth-order valence-electron chi connectivity index (χ4n) is 9.27. The standard InChI is InChI=1S/C61H42N4S/c1-6-18-43(19-7-1)45-30-35-51(36-31-45)64(49-24-12-4-13-25-49)59-53-28-16-17-29-54(53)60(65(50-26-14-5-15-27-50)52-37-32-46(33-38-52)44-20-8-2-9-21-44)61-58(59)62-57-41-34-48(42-63(57)61)56-40-39-55(66-56)47-22-10-3-11-23-47/h1-42H. The molecule has 0 atom stereocenters. The van der Waals surface area contributed by atoms with Crippen LogP contribution in [0.4, 0.5) is 34.1 Å². The summed E-state index contributed by atoms with van der Waals surface area (Å²) in [6.45, 7) is 0. The maximum absolute atomic E-state index is 5.67. The van der Waals surface area contributed by atoms with Crippen LogP contribution in [0.3, 0.4) is 0 Å². The van der Waals surface area contributed by atoms with Crippen LogP contribution >= 0.6 is 11.3 Å². The van der Waals surface area contributed by atoms with Crippen molar-refractivity contribution < 1.29 is 0 Å². The van der Waals surface area contributed by atoms with Gasteiger partial charge in [0.05, 0.1) is 16.9 Å². The van der Waals surface area contributed by atoms with Crippen LogP contribution in [0.15, 0.2) is 255 Å². The van der Waals surface area contributed by atoms with E-state index in [9.17, 15) is 0 Å². The molecular formula is C61H42N4S. The van der Waals surface area contributed by atoms with Gasteiger partial charge in [0.2, 0.25) is 0 Å². The van der Waals surface area contributed by atoms with Gasteiger partial charge in [-0.25, -0.2) is 4.98 Å². The van der Waals surface area contributed by atoms with E-state index in [1.807, 2.05) is 11.3 Å². The van der Waals surface area contributed by atoms with Gasteiger partial charge >= 0.3 is 0 Å². The topological polar surface area (TPSA) is 23.8 Å². The van der Waals surface area contributed by atoms with E-state index in [2.05, 4.69) is 269 Å². The molecular weight excluding hydrogens is 821 g/mol. The number of pyridine rings is 1. The fraction of sp³-hybridized carbons (Fsp3) is 0. The second kappa shape index (κ2) is 16.9. The van der Waals surface area contributed by atoms with Crippen LogP contribution in [-0.4, -0.2) is 9.38 Å². The molecule has 0 saturated carbocycles. The first kappa shape index (κ1) is 39.1. The van der Waals surface area contributed by atoms with Gasteiger partial charge in [0, 0.05) is 55.0 Å². The number of anilines is 6. The molecule has 0 radical (unpaired) electrons. The van der Waals surface area contributed by atoms with Crippen LogP contribution < -0.4 is 9.80 Å². The highest BCUT2D eigenvalue weighted by Gasteiger charge is 2.29. The third-order valence-electron chi connectivity index (χ3n) is 12.4. The fourth-order valence-corrected chi connectivity index (χ4v) is 10.3. The van der Waals surface area contributed by atoms with Crippen molar-refractivity contribution in [2.45, 2.75) is 0 Å². The van der Waals surface area contributed by atoms with E-state index in [1.54, 1.807) is 0 Å². The molecule has 12 rings (SSSR count). The quantitative estimate of drug-likeness (QED) is 0.128. The molecule has 0 saturated heterocycles. The van der Waals surface area contributed by atoms with Crippen LogP contribution in [0, 0.1) is 0 Å². The number of para-hydroxylation sites is 2. The number of fused-ring (bicyclic) bond motifs is 4. The molecule has 3 aromatic heterocycles. The molecule has 9 aromatic carbocycles. The highest BCUT2D eigenvalue weighted by Crippen LogP contribution is 2.51. The van der Waals surface area contributed by atoms with Crippen molar-refractivity contribution in [2.75, 3.05) is 9.80 Å². The van der Waals surface area contributed by atoms with Gasteiger partial charge in [-0.2, -0.15) is 0 Å². The lowest BCUT2D eigenvalue weighted by molar-refractivity contribution is 1.22. The number of aromatic nitrogens is 2. The van der Waals surface area contributed by atoms with Crippen molar-refractivity contribution in [1.29, 1.82) is 0 Å². The van der Waals surface area contributed by atoms with Crippen molar-refractivity contribution in [3.63, 3.8) is 0 Å². The van der Waals surface area contributed by atoms with E-state index in [4.69, 9.17) is 4.98 Å². The van der Waals surface area contributed by atoms with Crippen LogP contribution in [0.25, 0.3) is 70.6 Å². The molecule has 0 aliphatic rings. The van der Waals surface area contributed by atoms with Gasteiger partial charge < -0.3 is 9.80 Å².